The molecule has 0 aromatic rings. The minimum absolute atomic E-state index is 0.316. The minimum Gasteiger partial charge on any atom is -0.462 e. The molecule has 188 valence electrons. The van der Waals surface area contributed by atoms with E-state index in [0.717, 1.165) is 38.5 Å². The standard InChI is InChI=1S/C28H52O4/c1-5-9-11-13-15-16-18-20-22-26(28(30)32-24-8-4)25(27(29)31-23-7-3)21-19-17-14-12-10-6-2/h5-24H2,1-4H3/b26-25-. The first-order valence-electron chi connectivity index (χ1n) is 13.7. The summed E-state index contributed by atoms with van der Waals surface area (Å²) in [7, 11) is 0. The number of ether oxygens (including phenoxy) is 2. The third-order valence-electron chi connectivity index (χ3n) is 5.79. The lowest BCUT2D eigenvalue weighted by molar-refractivity contribution is -0.142. The Balaban J connectivity index is 5.07. The third kappa shape index (κ3) is 16.3. The number of esters is 2. The zero-order valence-corrected chi connectivity index (χ0v) is 21.8. The summed E-state index contributed by atoms with van der Waals surface area (Å²) < 4.78 is 10.9. The highest BCUT2D eigenvalue weighted by Gasteiger charge is 2.23. The van der Waals surface area contributed by atoms with Gasteiger partial charge in [0, 0.05) is 11.1 Å². The van der Waals surface area contributed by atoms with Crippen molar-refractivity contribution in [1.29, 1.82) is 0 Å². The summed E-state index contributed by atoms with van der Waals surface area (Å²) in [5.41, 5.74) is 1.14. The molecule has 0 aliphatic carbocycles. The molecular formula is C28H52O4. The van der Waals surface area contributed by atoms with Gasteiger partial charge in [0.2, 0.25) is 0 Å². The lowest BCUT2D eigenvalue weighted by Gasteiger charge is -2.15. The number of carbonyl (C=O) groups excluding carboxylic acids is 2. The highest BCUT2D eigenvalue weighted by atomic mass is 16.5. The van der Waals surface area contributed by atoms with E-state index >= 15 is 0 Å². The van der Waals surface area contributed by atoms with Crippen LogP contribution in [0, 0.1) is 0 Å². The zero-order valence-electron chi connectivity index (χ0n) is 21.8. The molecule has 0 unspecified atom stereocenters. The molecule has 0 amide bonds. The van der Waals surface area contributed by atoms with Crippen LogP contribution in [0.25, 0.3) is 0 Å². The number of unbranched alkanes of at least 4 members (excludes halogenated alkanes) is 12. The number of carbonyl (C=O) groups is 2. The van der Waals surface area contributed by atoms with E-state index in [2.05, 4.69) is 13.8 Å². The fourth-order valence-corrected chi connectivity index (χ4v) is 3.83. The predicted octanol–water partition coefficient (Wildman–Crippen LogP) is 8.47. The first-order valence-corrected chi connectivity index (χ1v) is 13.7. The number of rotatable bonds is 22. The summed E-state index contributed by atoms with van der Waals surface area (Å²) in [4.78, 5) is 25.7. The second kappa shape index (κ2) is 22.9. The predicted molar refractivity (Wildman–Crippen MR) is 135 cm³/mol. The van der Waals surface area contributed by atoms with Crippen LogP contribution in [-0.2, 0) is 19.1 Å². The van der Waals surface area contributed by atoms with Crippen molar-refractivity contribution < 1.29 is 19.1 Å². The Hall–Kier alpha value is -1.32. The van der Waals surface area contributed by atoms with E-state index in [0.29, 0.717) is 37.2 Å². The van der Waals surface area contributed by atoms with E-state index in [-0.39, 0.29) is 11.9 Å². The summed E-state index contributed by atoms with van der Waals surface area (Å²) in [6, 6.07) is 0. The van der Waals surface area contributed by atoms with Crippen LogP contribution >= 0.6 is 0 Å². The molecule has 0 bridgehead atoms. The fourth-order valence-electron chi connectivity index (χ4n) is 3.83. The van der Waals surface area contributed by atoms with Crippen LogP contribution in [0.2, 0.25) is 0 Å². The van der Waals surface area contributed by atoms with Gasteiger partial charge in [0.05, 0.1) is 13.2 Å². The molecule has 0 N–H and O–H groups in total. The largest absolute Gasteiger partial charge is 0.462 e. The lowest BCUT2D eigenvalue weighted by Crippen LogP contribution is -2.18. The molecule has 0 aliphatic heterocycles. The molecular weight excluding hydrogens is 400 g/mol. The van der Waals surface area contributed by atoms with Gasteiger partial charge in [0.25, 0.3) is 0 Å². The van der Waals surface area contributed by atoms with E-state index in [9.17, 15) is 9.59 Å². The van der Waals surface area contributed by atoms with Crippen molar-refractivity contribution in [2.45, 2.75) is 143 Å². The maximum atomic E-state index is 12.8. The van der Waals surface area contributed by atoms with Gasteiger partial charge in [-0.3, -0.25) is 0 Å². The summed E-state index contributed by atoms with van der Waals surface area (Å²) in [6.45, 7) is 9.22. The fraction of sp³-hybridized carbons (Fsp3) is 0.857. The van der Waals surface area contributed by atoms with Crippen molar-refractivity contribution >= 4 is 11.9 Å². The van der Waals surface area contributed by atoms with Crippen LogP contribution in [0.4, 0.5) is 0 Å². The lowest BCUT2D eigenvalue weighted by atomic mass is 9.96. The van der Waals surface area contributed by atoms with Gasteiger partial charge < -0.3 is 9.47 Å². The number of hydrogen-bond acceptors (Lipinski definition) is 4. The van der Waals surface area contributed by atoms with E-state index in [1.807, 2.05) is 13.8 Å². The van der Waals surface area contributed by atoms with Gasteiger partial charge in [-0.2, -0.15) is 0 Å². The summed E-state index contributed by atoms with van der Waals surface area (Å²) >= 11 is 0. The van der Waals surface area contributed by atoms with Crippen molar-refractivity contribution in [1.82, 2.24) is 0 Å². The maximum absolute atomic E-state index is 12.8. The van der Waals surface area contributed by atoms with E-state index in [1.165, 1.54) is 64.2 Å². The van der Waals surface area contributed by atoms with Crippen LogP contribution in [0.15, 0.2) is 11.1 Å². The van der Waals surface area contributed by atoms with Gasteiger partial charge in [-0.15, -0.1) is 0 Å². The molecule has 0 aliphatic rings. The van der Waals surface area contributed by atoms with Gasteiger partial charge in [-0.05, 0) is 38.5 Å². The van der Waals surface area contributed by atoms with Crippen molar-refractivity contribution in [3.8, 4) is 0 Å². The Morgan fingerprint density at radius 1 is 0.438 bits per heavy atom. The van der Waals surface area contributed by atoms with Crippen LogP contribution in [-0.4, -0.2) is 25.2 Å². The van der Waals surface area contributed by atoms with Gasteiger partial charge in [0.1, 0.15) is 0 Å². The smallest absolute Gasteiger partial charge is 0.334 e. The topological polar surface area (TPSA) is 52.6 Å². The first kappa shape index (κ1) is 30.7. The molecule has 0 radical (unpaired) electrons. The monoisotopic (exact) mass is 452 g/mol. The highest BCUT2D eigenvalue weighted by molar-refractivity contribution is 6.00. The van der Waals surface area contributed by atoms with Gasteiger partial charge in [0.15, 0.2) is 0 Å². The average molecular weight is 453 g/mol. The molecule has 0 rings (SSSR count). The molecule has 0 aromatic heterocycles. The molecule has 0 fully saturated rings. The Labute approximate surface area is 198 Å². The number of hydrogen-bond donors (Lipinski definition) is 0. The van der Waals surface area contributed by atoms with E-state index in [4.69, 9.17) is 9.47 Å². The van der Waals surface area contributed by atoms with Crippen molar-refractivity contribution in [2.24, 2.45) is 0 Å². The van der Waals surface area contributed by atoms with E-state index in [1.54, 1.807) is 0 Å². The second-order valence-corrected chi connectivity index (χ2v) is 8.97. The Bertz CT molecular complexity index is 496. The Kier molecular flexibility index (Phi) is 21.9. The summed E-state index contributed by atoms with van der Waals surface area (Å²) in [5.74, 6) is -0.632. The molecule has 4 heteroatoms. The molecule has 0 saturated carbocycles. The highest BCUT2D eigenvalue weighted by Crippen LogP contribution is 2.23. The average Bonchev–Trinajstić information content (AvgIpc) is 2.80. The molecule has 0 aromatic carbocycles. The SMILES string of the molecule is CCCCCCCCCC/C(C(=O)OCCC)=C(\CCCCCCCC)C(=O)OCCC. The Morgan fingerprint density at radius 2 is 0.750 bits per heavy atom. The zero-order chi connectivity index (χ0) is 23.9. The summed E-state index contributed by atoms with van der Waals surface area (Å²) in [6.07, 6.45) is 19.3. The van der Waals surface area contributed by atoms with Crippen molar-refractivity contribution in [3.05, 3.63) is 11.1 Å². The minimum atomic E-state index is -0.316. The van der Waals surface area contributed by atoms with E-state index < -0.39 is 0 Å². The third-order valence-corrected chi connectivity index (χ3v) is 5.79. The van der Waals surface area contributed by atoms with Crippen LogP contribution in [0.3, 0.4) is 0 Å². The van der Waals surface area contributed by atoms with Gasteiger partial charge in [-0.1, -0.05) is 105 Å². The van der Waals surface area contributed by atoms with Gasteiger partial charge >= 0.3 is 11.9 Å². The van der Waals surface area contributed by atoms with Gasteiger partial charge in [-0.25, -0.2) is 9.59 Å². The molecule has 0 heterocycles. The van der Waals surface area contributed by atoms with Crippen molar-refractivity contribution in [3.63, 3.8) is 0 Å². The normalized spacial score (nSPS) is 11.9. The van der Waals surface area contributed by atoms with Crippen LogP contribution in [0.5, 0.6) is 0 Å². The van der Waals surface area contributed by atoms with Crippen LogP contribution in [0.1, 0.15) is 143 Å². The molecule has 0 saturated heterocycles. The van der Waals surface area contributed by atoms with Crippen LogP contribution < -0.4 is 0 Å². The molecule has 0 atom stereocenters. The second-order valence-electron chi connectivity index (χ2n) is 8.97. The molecule has 4 nitrogen and oxygen atoms in total. The van der Waals surface area contributed by atoms with Crippen molar-refractivity contribution in [2.75, 3.05) is 13.2 Å². The maximum Gasteiger partial charge on any atom is 0.334 e. The molecule has 32 heavy (non-hydrogen) atoms. The Morgan fingerprint density at radius 3 is 1.06 bits per heavy atom. The quantitative estimate of drug-likeness (QED) is 0.0938. The molecule has 0 spiro atoms. The summed E-state index contributed by atoms with van der Waals surface area (Å²) in [5, 5.41) is 0. The first-order chi connectivity index (χ1) is 15.6.